The SMILES string of the molecule is CCN1C(=O)C(=O)N(CC(=O)c2[nH]c(C)c(C(C)=O)c2C)C1=O. The predicted molar refractivity (Wildman–Crippen MR) is 79.1 cm³/mol. The van der Waals surface area contributed by atoms with E-state index in [9.17, 15) is 24.0 Å². The minimum atomic E-state index is -1.02. The fraction of sp³-hybridized carbons (Fsp3) is 0.400. The van der Waals surface area contributed by atoms with Crippen molar-refractivity contribution >= 4 is 29.4 Å². The van der Waals surface area contributed by atoms with Gasteiger partial charge in [-0.1, -0.05) is 0 Å². The van der Waals surface area contributed by atoms with Crippen molar-refractivity contribution in [3.05, 3.63) is 22.5 Å². The number of aryl methyl sites for hydroxylation is 1. The minimum Gasteiger partial charge on any atom is -0.355 e. The third-order valence-corrected chi connectivity index (χ3v) is 3.82. The van der Waals surface area contributed by atoms with Crippen molar-refractivity contribution in [2.24, 2.45) is 0 Å². The topological polar surface area (TPSA) is 108 Å². The molecule has 122 valence electrons. The standard InChI is InChI=1S/C15H17N3O5/c1-5-17-13(21)14(22)18(15(17)23)6-10(20)12-7(2)11(9(4)19)8(3)16-12/h16H,5-6H2,1-4H3. The lowest BCUT2D eigenvalue weighted by molar-refractivity contribution is -0.143. The second kappa shape index (κ2) is 5.79. The van der Waals surface area contributed by atoms with Gasteiger partial charge in [0.1, 0.15) is 0 Å². The molecule has 1 fully saturated rings. The first-order chi connectivity index (χ1) is 10.7. The van der Waals surface area contributed by atoms with Gasteiger partial charge in [0.05, 0.1) is 12.2 Å². The van der Waals surface area contributed by atoms with Crippen LogP contribution in [0.3, 0.4) is 0 Å². The van der Waals surface area contributed by atoms with Crippen LogP contribution in [0.2, 0.25) is 0 Å². The van der Waals surface area contributed by atoms with Crippen LogP contribution in [-0.2, 0) is 9.59 Å². The molecule has 1 N–H and O–H groups in total. The van der Waals surface area contributed by atoms with Gasteiger partial charge in [0.2, 0.25) is 0 Å². The Balaban J connectivity index is 2.29. The number of amides is 4. The number of imide groups is 2. The van der Waals surface area contributed by atoms with Gasteiger partial charge in [-0.25, -0.2) is 9.69 Å². The van der Waals surface area contributed by atoms with Gasteiger partial charge in [0.25, 0.3) is 0 Å². The van der Waals surface area contributed by atoms with Gasteiger partial charge in [0.15, 0.2) is 11.6 Å². The number of likely N-dealkylation sites (N-methyl/N-ethyl adjacent to an activating group) is 1. The molecule has 0 saturated carbocycles. The van der Waals surface area contributed by atoms with Crippen molar-refractivity contribution in [2.75, 3.05) is 13.1 Å². The van der Waals surface area contributed by atoms with Gasteiger partial charge >= 0.3 is 17.8 Å². The van der Waals surface area contributed by atoms with Crippen LogP contribution in [-0.4, -0.2) is 57.3 Å². The summed E-state index contributed by atoms with van der Waals surface area (Å²) < 4.78 is 0. The Morgan fingerprint density at radius 3 is 2.04 bits per heavy atom. The van der Waals surface area contributed by atoms with E-state index in [1.807, 2.05) is 0 Å². The summed E-state index contributed by atoms with van der Waals surface area (Å²) in [5, 5.41) is 0. The summed E-state index contributed by atoms with van der Waals surface area (Å²) in [5.41, 5.74) is 1.59. The van der Waals surface area contributed by atoms with Gasteiger partial charge < -0.3 is 4.98 Å². The fourth-order valence-electron chi connectivity index (χ4n) is 2.75. The van der Waals surface area contributed by atoms with Gasteiger partial charge in [-0.15, -0.1) is 0 Å². The first kappa shape index (κ1) is 16.6. The van der Waals surface area contributed by atoms with Crippen molar-refractivity contribution in [1.29, 1.82) is 0 Å². The molecule has 1 saturated heterocycles. The number of nitrogens with zero attached hydrogens (tertiary/aromatic N) is 2. The first-order valence-electron chi connectivity index (χ1n) is 7.11. The molecule has 0 unspecified atom stereocenters. The first-order valence-corrected chi connectivity index (χ1v) is 7.11. The Morgan fingerprint density at radius 2 is 1.61 bits per heavy atom. The number of ketones is 2. The minimum absolute atomic E-state index is 0.0587. The van der Waals surface area contributed by atoms with Crippen LogP contribution >= 0.6 is 0 Å². The van der Waals surface area contributed by atoms with Crippen molar-refractivity contribution in [1.82, 2.24) is 14.8 Å². The fourth-order valence-corrected chi connectivity index (χ4v) is 2.75. The molecular formula is C15H17N3O5. The molecule has 0 aromatic carbocycles. The number of rotatable bonds is 5. The molecule has 8 heteroatoms. The zero-order valence-electron chi connectivity index (χ0n) is 13.3. The number of hydrogen-bond acceptors (Lipinski definition) is 5. The summed E-state index contributed by atoms with van der Waals surface area (Å²) in [6.45, 7) is 5.75. The van der Waals surface area contributed by atoms with Gasteiger partial charge in [0, 0.05) is 17.8 Å². The monoisotopic (exact) mass is 319 g/mol. The van der Waals surface area contributed by atoms with E-state index in [1.165, 1.54) is 6.92 Å². The van der Waals surface area contributed by atoms with E-state index in [0.29, 0.717) is 21.7 Å². The molecule has 23 heavy (non-hydrogen) atoms. The summed E-state index contributed by atoms with van der Waals surface area (Å²) in [6, 6.07) is -0.802. The van der Waals surface area contributed by atoms with E-state index in [0.717, 1.165) is 4.90 Å². The van der Waals surface area contributed by atoms with Crippen LogP contribution in [0, 0.1) is 13.8 Å². The molecule has 0 atom stereocenters. The predicted octanol–water partition coefficient (Wildman–Crippen LogP) is 0.828. The number of carbonyl (C=O) groups excluding carboxylic acids is 5. The lowest BCUT2D eigenvalue weighted by atomic mass is 10.1. The average molecular weight is 319 g/mol. The molecule has 1 aromatic heterocycles. The third kappa shape index (κ3) is 2.56. The average Bonchev–Trinajstić information content (AvgIpc) is 2.88. The van der Waals surface area contributed by atoms with Crippen molar-refractivity contribution in [3.8, 4) is 0 Å². The lowest BCUT2D eigenvalue weighted by Crippen LogP contribution is -2.37. The third-order valence-electron chi connectivity index (χ3n) is 3.82. The van der Waals surface area contributed by atoms with E-state index >= 15 is 0 Å². The number of aromatic amines is 1. The van der Waals surface area contributed by atoms with Crippen molar-refractivity contribution in [2.45, 2.75) is 27.7 Å². The highest BCUT2D eigenvalue weighted by Gasteiger charge is 2.44. The Bertz CT molecular complexity index is 747. The molecule has 4 amide bonds. The summed E-state index contributed by atoms with van der Waals surface area (Å²) in [6.07, 6.45) is 0. The number of aromatic nitrogens is 1. The second-order valence-corrected chi connectivity index (χ2v) is 5.33. The van der Waals surface area contributed by atoms with Crippen molar-refractivity contribution < 1.29 is 24.0 Å². The highest BCUT2D eigenvalue weighted by molar-refractivity contribution is 6.45. The molecule has 1 aliphatic rings. The maximum atomic E-state index is 12.4. The Morgan fingerprint density at radius 1 is 1.04 bits per heavy atom. The molecular weight excluding hydrogens is 302 g/mol. The molecule has 0 spiro atoms. The zero-order valence-corrected chi connectivity index (χ0v) is 13.3. The van der Waals surface area contributed by atoms with E-state index in [4.69, 9.17) is 0 Å². The second-order valence-electron chi connectivity index (χ2n) is 5.33. The number of nitrogens with one attached hydrogen (secondary N) is 1. The molecule has 0 bridgehead atoms. The smallest absolute Gasteiger partial charge is 0.334 e. The van der Waals surface area contributed by atoms with Crippen LogP contribution in [0.4, 0.5) is 4.79 Å². The number of carbonyl (C=O) groups is 5. The Labute approximate surface area is 132 Å². The number of urea groups is 1. The maximum absolute atomic E-state index is 12.4. The van der Waals surface area contributed by atoms with Crippen LogP contribution in [0.1, 0.15) is 46.0 Å². The quantitative estimate of drug-likeness (QED) is 0.491. The van der Waals surface area contributed by atoms with Crippen LogP contribution in [0.15, 0.2) is 0 Å². The Hall–Kier alpha value is -2.77. The lowest BCUT2D eigenvalue weighted by Gasteiger charge is -2.13. The summed E-state index contributed by atoms with van der Waals surface area (Å²) in [4.78, 5) is 63.6. The van der Waals surface area contributed by atoms with Crippen LogP contribution < -0.4 is 0 Å². The van der Waals surface area contributed by atoms with E-state index in [2.05, 4.69) is 4.98 Å². The summed E-state index contributed by atoms with van der Waals surface area (Å²) >= 11 is 0. The van der Waals surface area contributed by atoms with Gasteiger partial charge in [-0.05, 0) is 33.3 Å². The molecule has 1 aliphatic heterocycles. The number of H-pyrrole nitrogens is 1. The largest absolute Gasteiger partial charge is 0.355 e. The Kier molecular flexibility index (Phi) is 4.18. The van der Waals surface area contributed by atoms with Crippen LogP contribution in [0.5, 0.6) is 0 Å². The van der Waals surface area contributed by atoms with E-state index in [-0.39, 0.29) is 18.0 Å². The van der Waals surface area contributed by atoms with E-state index in [1.54, 1.807) is 20.8 Å². The van der Waals surface area contributed by atoms with Gasteiger partial charge in [-0.3, -0.25) is 24.1 Å². The zero-order chi connectivity index (χ0) is 17.5. The van der Waals surface area contributed by atoms with E-state index < -0.39 is 30.2 Å². The van der Waals surface area contributed by atoms with Crippen LogP contribution in [0.25, 0.3) is 0 Å². The number of Topliss-reactive ketones (excluding diaryl/α,β-unsaturated/α-hetero) is 2. The molecule has 8 nitrogen and oxygen atoms in total. The highest BCUT2D eigenvalue weighted by atomic mass is 16.2. The number of hydrogen-bond donors (Lipinski definition) is 1. The van der Waals surface area contributed by atoms with Gasteiger partial charge in [-0.2, -0.15) is 0 Å². The normalized spacial score (nSPS) is 14.9. The molecule has 0 radical (unpaired) electrons. The molecule has 0 aliphatic carbocycles. The summed E-state index contributed by atoms with van der Waals surface area (Å²) in [7, 11) is 0. The maximum Gasteiger partial charge on any atom is 0.334 e. The summed E-state index contributed by atoms with van der Waals surface area (Å²) in [5.74, 6) is -2.67. The molecule has 2 heterocycles. The molecule has 2 rings (SSSR count). The highest BCUT2D eigenvalue weighted by Crippen LogP contribution is 2.20. The van der Waals surface area contributed by atoms with Crippen molar-refractivity contribution in [3.63, 3.8) is 0 Å². The molecule has 1 aromatic rings.